The van der Waals surface area contributed by atoms with E-state index in [0.29, 0.717) is 19.7 Å². The van der Waals surface area contributed by atoms with Crippen LogP contribution in [0.15, 0.2) is 24.4 Å². The molecule has 2 aromatic rings. The molecule has 1 aromatic heterocycles. The zero-order valence-electron chi connectivity index (χ0n) is 12.6. The van der Waals surface area contributed by atoms with Gasteiger partial charge in [-0.1, -0.05) is 6.07 Å². The lowest BCUT2D eigenvalue weighted by molar-refractivity contribution is 0.157. The summed E-state index contributed by atoms with van der Waals surface area (Å²) in [5.41, 5.74) is 3.62. The Kier molecular flexibility index (Phi) is 3.84. The van der Waals surface area contributed by atoms with Crippen LogP contribution < -0.4 is 0 Å². The molecule has 5 nitrogen and oxygen atoms in total. The Balaban J connectivity index is 1.80. The number of nitrogens with zero attached hydrogens (tertiary/aromatic N) is 2. The first-order valence-electron chi connectivity index (χ1n) is 7.29. The van der Waals surface area contributed by atoms with Gasteiger partial charge in [-0.15, -0.1) is 0 Å². The molecule has 0 atom stereocenters. The van der Waals surface area contributed by atoms with Crippen molar-refractivity contribution in [3.8, 4) is 0 Å². The number of likely N-dealkylation sites (N-methyl/N-ethyl adjacent to an activating group) is 1. The van der Waals surface area contributed by atoms with Gasteiger partial charge in [-0.3, -0.25) is 0 Å². The molecule has 1 aliphatic rings. The standard InChI is InChI=1S/C16H21N3O2/c1-18(2)6-5-13-10-17-15-4-3-12(9-14(13)15)11-19-7-8-21-16(19)20/h3-4,9-10,17H,5-8,11H2,1-2H3. The highest BCUT2D eigenvalue weighted by Crippen LogP contribution is 2.22. The number of amides is 1. The third-order valence-corrected chi connectivity index (χ3v) is 3.88. The number of hydrogen-bond donors (Lipinski definition) is 1. The molecule has 0 unspecified atom stereocenters. The van der Waals surface area contributed by atoms with Crippen LogP contribution in [0.4, 0.5) is 4.79 Å². The van der Waals surface area contributed by atoms with Crippen molar-refractivity contribution in [3.05, 3.63) is 35.5 Å². The molecule has 2 heterocycles. The number of ether oxygens (including phenoxy) is 1. The van der Waals surface area contributed by atoms with Crippen molar-refractivity contribution in [2.45, 2.75) is 13.0 Å². The molecule has 112 valence electrons. The van der Waals surface area contributed by atoms with Crippen molar-refractivity contribution in [3.63, 3.8) is 0 Å². The van der Waals surface area contributed by atoms with Crippen molar-refractivity contribution in [1.82, 2.24) is 14.8 Å². The third kappa shape index (κ3) is 3.03. The summed E-state index contributed by atoms with van der Waals surface area (Å²) in [6.45, 7) is 2.82. The number of hydrogen-bond acceptors (Lipinski definition) is 3. The molecule has 0 bridgehead atoms. The molecular weight excluding hydrogens is 266 g/mol. The average Bonchev–Trinajstić information content (AvgIpc) is 3.03. The second-order valence-corrected chi connectivity index (χ2v) is 5.78. The van der Waals surface area contributed by atoms with Gasteiger partial charge >= 0.3 is 6.09 Å². The number of rotatable bonds is 5. The number of fused-ring (bicyclic) bond motifs is 1. The maximum Gasteiger partial charge on any atom is 0.410 e. The Bertz CT molecular complexity index is 648. The number of H-pyrrole nitrogens is 1. The second-order valence-electron chi connectivity index (χ2n) is 5.78. The Morgan fingerprint density at radius 3 is 2.95 bits per heavy atom. The van der Waals surface area contributed by atoms with Crippen molar-refractivity contribution in [2.75, 3.05) is 33.8 Å². The molecule has 0 aliphatic carbocycles. The van der Waals surface area contributed by atoms with Crippen LogP contribution in [0, 0.1) is 0 Å². The lowest BCUT2D eigenvalue weighted by Crippen LogP contribution is -2.23. The minimum atomic E-state index is -0.211. The summed E-state index contributed by atoms with van der Waals surface area (Å²) < 4.78 is 4.97. The van der Waals surface area contributed by atoms with E-state index in [0.717, 1.165) is 24.0 Å². The van der Waals surface area contributed by atoms with Crippen LogP contribution in [0.25, 0.3) is 10.9 Å². The van der Waals surface area contributed by atoms with Crippen LogP contribution >= 0.6 is 0 Å². The number of nitrogens with one attached hydrogen (secondary N) is 1. The van der Waals surface area contributed by atoms with Gasteiger partial charge in [0.05, 0.1) is 6.54 Å². The van der Waals surface area contributed by atoms with Gasteiger partial charge in [-0.25, -0.2) is 4.79 Å². The van der Waals surface area contributed by atoms with E-state index in [9.17, 15) is 4.79 Å². The van der Waals surface area contributed by atoms with Crippen LogP contribution in [0.3, 0.4) is 0 Å². The zero-order valence-corrected chi connectivity index (χ0v) is 12.6. The van der Waals surface area contributed by atoms with Crippen molar-refractivity contribution >= 4 is 17.0 Å². The number of carbonyl (C=O) groups is 1. The van der Waals surface area contributed by atoms with E-state index < -0.39 is 0 Å². The first kappa shape index (κ1) is 13.9. The van der Waals surface area contributed by atoms with Crippen molar-refractivity contribution in [2.24, 2.45) is 0 Å². The van der Waals surface area contributed by atoms with Gasteiger partial charge in [0.2, 0.25) is 0 Å². The fraction of sp³-hybridized carbons (Fsp3) is 0.438. The molecule has 1 saturated heterocycles. The van der Waals surface area contributed by atoms with E-state index in [1.54, 1.807) is 4.90 Å². The Morgan fingerprint density at radius 1 is 1.38 bits per heavy atom. The molecule has 0 spiro atoms. The van der Waals surface area contributed by atoms with E-state index in [4.69, 9.17) is 4.74 Å². The maximum absolute atomic E-state index is 11.5. The molecule has 0 saturated carbocycles. The predicted molar refractivity (Wildman–Crippen MR) is 82.3 cm³/mol. The molecule has 21 heavy (non-hydrogen) atoms. The number of cyclic esters (lactones) is 1. The Morgan fingerprint density at radius 2 is 2.24 bits per heavy atom. The summed E-state index contributed by atoms with van der Waals surface area (Å²) in [5, 5.41) is 1.25. The smallest absolute Gasteiger partial charge is 0.410 e. The topological polar surface area (TPSA) is 48.6 Å². The van der Waals surface area contributed by atoms with Gasteiger partial charge in [0.15, 0.2) is 0 Å². The largest absolute Gasteiger partial charge is 0.448 e. The molecule has 1 aromatic carbocycles. The summed E-state index contributed by atoms with van der Waals surface area (Å²) in [6.07, 6.45) is 2.89. The number of aromatic amines is 1. The van der Waals surface area contributed by atoms with Crippen LogP contribution in [-0.2, 0) is 17.7 Å². The maximum atomic E-state index is 11.5. The predicted octanol–water partition coefficient (Wildman–Crippen LogP) is 2.22. The summed E-state index contributed by atoms with van der Waals surface area (Å²) in [4.78, 5) is 18.8. The highest BCUT2D eigenvalue weighted by molar-refractivity contribution is 5.84. The summed E-state index contributed by atoms with van der Waals surface area (Å²) >= 11 is 0. The number of benzene rings is 1. The molecule has 1 N–H and O–H groups in total. The highest BCUT2D eigenvalue weighted by atomic mass is 16.6. The van der Waals surface area contributed by atoms with Crippen molar-refractivity contribution in [1.29, 1.82) is 0 Å². The third-order valence-electron chi connectivity index (χ3n) is 3.88. The first-order chi connectivity index (χ1) is 10.1. The molecule has 1 amide bonds. The monoisotopic (exact) mass is 287 g/mol. The second kappa shape index (κ2) is 5.77. The minimum Gasteiger partial charge on any atom is -0.448 e. The minimum absolute atomic E-state index is 0.211. The first-order valence-corrected chi connectivity index (χ1v) is 7.29. The molecule has 1 fully saturated rings. The fourth-order valence-corrected chi connectivity index (χ4v) is 2.66. The molecule has 1 aliphatic heterocycles. The average molecular weight is 287 g/mol. The summed E-state index contributed by atoms with van der Waals surface area (Å²) in [6, 6.07) is 6.34. The van der Waals surface area contributed by atoms with Gasteiger partial charge in [0.25, 0.3) is 0 Å². The van der Waals surface area contributed by atoms with Crippen LogP contribution in [0.5, 0.6) is 0 Å². The van der Waals surface area contributed by atoms with Gasteiger partial charge in [-0.2, -0.15) is 0 Å². The van der Waals surface area contributed by atoms with E-state index >= 15 is 0 Å². The fourth-order valence-electron chi connectivity index (χ4n) is 2.66. The van der Waals surface area contributed by atoms with Gasteiger partial charge in [0.1, 0.15) is 6.61 Å². The van der Waals surface area contributed by atoms with Crippen LogP contribution in [0.1, 0.15) is 11.1 Å². The van der Waals surface area contributed by atoms with Gasteiger partial charge in [-0.05, 0) is 43.8 Å². The van der Waals surface area contributed by atoms with E-state index in [2.05, 4.69) is 48.4 Å². The molecule has 5 heteroatoms. The lowest BCUT2D eigenvalue weighted by atomic mass is 10.1. The normalized spacial score (nSPS) is 15.2. The van der Waals surface area contributed by atoms with Crippen LogP contribution in [0.2, 0.25) is 0 Å². The SMILES string of the molecule is CN(C)CCc1c[nH]c2ccc(CN3CCOC3=O)cc12. The molecular formula is C16H21N3O2. The van der Waals surface area contributed by atoms with E-state index in [1.807, 2.05) is 0 Å². The van der Waals surface area contributed by atoms with E-state index in [-0.39, 0.29) is 6.09 Å². The Hall–Kier alpha value is -2.01. The number of carbonyl (C=O) groups excluding carboxylic acids is 1. The molecule has 3 rings (SSSR count). The highest BCUT2D eigenvalue weighted by Gasteiger charge is 2.21. The van der Waals surface area contributed by atoms with Gasteiger partial charge in [0, 0.05) is 30.2 Å². The van der Waals surface area contributed by atoms with Crippen LogP contribution in [-0.4, -0.2) is 54.7 Å². The summed E-state index contributed by atoms with van der Waals surface area (Å²) in [5.74, 6) is 0. The van der Waals surface area contributed by atoms with Gasteiger partial charge < -0.3 is 19.5 Å². The number of aromatic nitrogens is 1. The van der Waals surface area contributed by atoms with E-state index in [1.165, 1.54) is 10.9 Å². The zero-order chi connectivity index (χ0) is 14.8. The quantitative estimate of drug-likeness (QED) is 0.917. The lowest BCUT2D eigenvalue weighted by Gasteiger charge is -2.13. The summed E-state index contributed by atoms with van der Waals surface area (Å²) in [7, 11) is 4.17. The Labute approximate surface area is 124 Å². The van der Waals surface area contributed by atoms with Crippen molar-refractivity contribution < 1.29 is 9.53 Å². The molecule has 0 radical (unpaired) electrons.